The first kappa shape index (κ1) is 15.8. The van der Waals surface area contributed by atoms with E-state index in [1.807, 2.05) is 29.2 Å². The molecule has 5 heteroatoms. The molecule has 2 fully saturated rings. The molecule has 0 saturated heterocycles. The van der Waals surface area contributed by atoms with Gasteiger partial charge in [0, 0.05) is 42.1 Å². The van der Waals surface area contributed by atoms with Crippen molar-refractivity contribution in [3.05, 3.63) is 65.5 Å². The highest BCUT2D eigenvalue weighted by atomic mass is 16.2. The van der Waals surface area contributed by atoms with Gasteiger partial charge in [-0.15, -0.1) is 0 Å². The van der Waals surface area contributed by atoms with Crippen LogP contribution in [0.3, 0.4) is 0 Å². The molecule has 128 valence electrons. The fourth-order valence-electron chi connectivity index (χ4n) is 2.87. The number of benzene rings is 1. The predicted octanol–water partition coefficient (Wildman–Crippen LogP) is 2.78. The van der Waals surface area contributed by atoms with Gasteiger partial charge in [0.25, 0.3) is 11.8 Å². The van der Waals surface area contributed by atoms with Gasteiger partial charge >= 0.3 is 0 Å². The van der Waals surface area contributed by atoms with Crippen molar-refractivity contribution in [3.8, 4) is 0 Å². The molecule has 2 aliphatic carbocycles. The van der Waals surface area contributed by atoms with Crippen LogP contribution in [0.15, 0.2) is 48.8 Å². The summed E-state index contributed by atoms with van der Waals surface area (Å²) < 4.78 is 0. The molecular weight excluding hydrogens is 314 g/mol. The first-order valence-corrected chi connectivity index (χ1v) is 8.81. The van der Waals surface area contributed by atoms with Crippen molar-refractivity contribution in [2.75, 3.05) is 0 Å². The van der Waals surface area contributed by atoms with Gasteiger partial charge in [-0.1, -0.05) is 12.1 Å². The van der Waals surface area contributed by atoms with Gasteiger partial charge in [-0.05, 0) is 55.5 Å². The number of nitrogens with one attached hydrogen (secondary N) is 1. The van der Waals surface area contributed by atoms with E-state index in [9.17, 15) is 9.59 Å². The molecule has 1 aromatic heterocycles. The SMILES string of the molecule is O=C(NC1CC1)c1ccc(CN(C(=O)c2ccncc2)C2CC2)cc1. The van der Waals surface area contributed by atoms with Crippen molar-refractivity contribution in [3.63, 3.8) is 0 Å². The van der Waals surface area contributed by atoms with Crippen molar-refractivity contribution < 1.29 is 9.59 Å². The highest BCUT2D eigenvalue weighted by Crippen LogP contribution is 2.30. The van der Waals surface area contributed by atoms with Crippen LogP contribution in [-0.4, -0.2) is 33.8 Å². The minimum Gasteiger partial charge on any atom is -0.349 e. The van der Waals surface area contributed by atoms with Gasteiger partial charge in [0.1, 0.15) is 0 Å². The topological polar surface area (TPSA) is 62.3 Å². The molecule has 0 spiro atoms. The molecule has 2 aromatic rings. The summed E-state index contributed by atoms with van der Waals surface area (Å²) in [6, 6.07) is 11.7. The van der Waals surface area contributed by atoms with Crippen LogP contribution < -0.4 is 5.32 Å². The first-order valence-electron chi connectivity index (χ1n) is 8.81. The zero-order valence-corrected chi connectivity index (χ0v) is 14.0. The quantitative estimate of drug-likeness (QED) is 0.883. The number of carbonyl (C=O) groups is 2. The van der Waals surface area contributed by atoms with Gasteiger partial charge in [-0.3, -0.25) is 14.6 Å². The molecule has 25 heavy (non-hydrogen) atoms. The molecule has 0 unspecified atom stereocenters. The Morgan fingerprint density at radius 1 is 0.960 bits per heavy atom. The number of hydrogen-bond donors (Lipinski definition) is 1. The fourth-order valence-corrected chi connectivity index (χ4v) is 2.87. The van der Waals surface area contributed by atoms with E-state index in [0.717, 1.165) is 31.2 Å². The van der Waals surface area contributed by atoms with Crippen molar-refractivity contribution >= 4 is 11.8 Å². The van der Waals surface area contributed by atoms with E-state index < -0.39 is 0 Å². The molecule has 4 rings (SSSR count). The molecule has 5 nitrogen and oxygen atoms in total. The Balaban J connectivity index is 1.45. The Kier molecular flexibility index (Phi) is 4.22. The molecule has 0 aliphatic heterocycles. The molecule has 2 saturated carbocycles. The van der Waals surface area contributed by atoms with Crippen LogP contribution in [0.4, 0.5) is 0 Å². The third-order valence-electron chi connectivity index (χ3n) is 4.66. The molecule has 1 heterocycles. The minimum atomic E-state index is -0.0130. The molecule has 2 amide bonds. The van der Waals surface area contributed by atoms with E-state index in [-0.39, 0.29) is 11.8 Å². The highest BCUT2D eigenvalue weighted by molar-refractivity contribution is 5.95. The number of aromatic nitrogens is 1. The summed E-state index contributed by atoms with van der Waals surface area (Å²) >= 11 is 0. The Morgan fingerprint density at radius 3 is 2.24 bits per heavy atom. The van der Waals surface area contributed by atoms with E-state index in [1.165, 1.54) is 0 Å². The maximum absolute atomic E-state index is 12.8. The number of nitrogens with zero attached hydrogens (tertiary/aromatic N) is 2. The number of carbonyl (C=O) groups excluding carboxylic acids is 2. The predicted molar refractivity (Wildman–Crippen MR) is 94.1 cm³/mol. The van der Waals surface area contributed by atoms with E-state index >= 15 is 0 Å². The molecule has 0 bridgehead atoms. The second-order valence-corrected chi connectivity index (χ2v) is 6.84. The van der Waals surface area contributed by atoms with Gasteiger partial charge in [-0.2, -0.15) is 0 Å². The minimum absolute atomic E-state index is 0.0130. The largest absolute Gasteiger partial charge is 0.349 e. The lowest BCUT2D eigenvalue weighted by molar-refractivity contribution is 0.0729. The summed E-state index contributed by atoms with van der Waals surface area (Å²) in [5, 5.41) is 2.99. The average molecular weight is 335 g/mol. The summed E-state index contributed by atoms with van der Waals surface area (Å²) in [5.74, 6) is 0.0291. The highest BCUT2D eigenvalue weighted by Gasteiger charge is 2.33. The number of hydrogen-bond acceptors (Lipinski definition) is 3. The summed E-state index contributed by atoms with van der Waals surface area (Å²) in [6.07, 6.45) is 7.56. The second kappa shape index (κ2) is 6.67. The Morgan fingerprint density at radius 2 is 1.64 bits per heavy atom. The van der Waals surface area contributed by atoms with Crippen LogP contribution in [0, 0.1) is 0 Å². The van der Waals surface area contributed by atoms with Crippen LogP contribution in [0.5, 0.6) is 0 Å². The van der Waals surface area contributed by atoms with Crippen LogP contribution in [0.2, 0.25) is 0 Å². The maximum Gasteiger partial charge on any atom is 0.254 e. The molecule has 1 N–H and O–H groups in total. The summed E-state index contributed by atoms with van der Waals surface area (Å²) in [6.45, 7) is 0.566. The van der Waals surface area contributed by atoms with E-state index in [1.54, 1.807) is 24.5 Å². The third kappa shape index (κ3) is 3.87. The number of pyridine rings is 1. The molecule has 2 aliphatic rings. The van der Waals surface area contributed by atoms with Crippen molar-refractivity contribution in [1.29, 1.82) is 0 Å². The summed E-state index contributed by atoms with van der Waals surface area (Å²) in [5.41, 5.74) is 2.38. The molecule has 0 atom stereocenters. The second-order valence-electron chi connectivity index (χ2n) is 6.84. The fraction of sp³-hybridized carbons (Fsp3) is 0.350. The lowest BCUT2D eigenvalue weighted by Gasteiger charge is -2.22. The molecule has 1 aromatic carbocycles. The van der Waals surface area contributed by atoms with Crippen molar-refractivity contribution in [2.45, 2.75) is 44.3 Å². The van der Waals surface area contributed by atoms with Crippen LogP contribution in [0.1, 0.15) is 52.0 Å². The van der Waals surface area contributed by atoms with Gasteiger partial charge in [0.05, 0.1) is 0 Å². The van der Waals surface area contributed by atoms with Crippen LogP contribution in [0.25, 0.3) is 0 Å². The van der Waals surface area contributed by atoms with Gasteiger partial charge in [0.15, 0.2) is 0 Å². The third-order valence-corrected chi connectivity index (χ3v) is 4.66. The lowest BCUT2D eigenvalue weighted by Crippen LogP contribution is -2.32. The van der Waals surface area contributed by atoms with Gasteiger partial charge in [-0.25, -0.2) is 0 Å². The van der Waals surface area contributed by atoms with Crippen molar-refractivity contribution in [2.24, 2.45) is 0 Å². The molecule has 0 radical (unpaired) electrons. The van der Waals surface area contributed by atoms with Crippen LogP contribution in [-0.2, 0) is 6.54 Å². The molecular formula is C20H21N3O2. The Bertz CT molecular complexity index is 765. The van der Waals surface area contributed by atoms with Crippen molar-refractivity contribution in [1.82, 2.24) is 15.2 Å². The summed E-state index contributed by atoms with van der Waals surface area (Å²) in [7, 11) is 0. The van der Waals surface area contributed by atoms with Gasteiger partial charge in [0.2, 0.25) is 0 Å². The normalized spacial score (nSPS) is 16.3. The Labute approximate surface area is 147 Å². The van der Waals surface area contributed by atoms with E-state index in [0.29, 0.717) is 29.8 Å². The summed E-state index contributed by atoms with van der Waals surface area (Å²) in [4.78, 5) is 30.7. The number of amides is 2. The van der Waals surface area contributed by atoms with E-state index in [2.05, 4.69) is 10.3 Å². The number of rotatable bonds is 6. The first-order chi connectivity index (χ1) is 12.2. The average Bonchev–Trinajstić information content (AvgIpc) is 3.54. The van der Waals surface area contributed by atoms with Gasteiger partial charge < -0.3 is 10.2 Å². The van der Waals surface area contributed by atoms with Crippen LogP contribution >= 0.6 is 0 Å². The monoisotopic (exact) mass is 335 g/mol. The van der Waals surface area contributed by atoms with E-state index in [4.69, 9.17) is 0 Å². The standard InChI is InChI=1S/C20H21N3O2/c24-19(22-17-5-6-17)15-3-1-14(2-4-15)13-23(18-7-8-18)20(25)16-9-11-21-12-10-16/h1-4,9-12,17-18H,5-8,13H2,(H,22,24). The zero-order valence-electron chi connectivity index (χ0n) is 14.0. The smallest absolute Gasteiger partial charge is 0.254 e. The Hall–Kier alpha value is -2.69. The maximum atomic E-state index is 12.8. The lowest BCUT2D eigenvalue weighted by atomic mass is 10.1. The zero-order chi connectivity index (χ0) is 17.2.